The van der Waals surface area contributed by atoms with Crippen LogP contribution < -0.4 is 9.47 Å². The van der Waals surface area contributed by atoms with Gasteiger partial charge in [0.1, 0.15) is 29.4 Å². The van der Waals surface area contributed by atoms with Crippen LogP contribution in [0, 0.1) is 30.9 Å². The molecule has 4 rings (SSSR count). The van der Waals surface area contributed by atoms with Crippen LogP contribution in [0.15, 0.2) is 24.3 Å². The Kier molecular flexibility index (Phi) is 6.55. The van der Waals surface area contributed by atoms with E-state index in [1.54, 1.807) is 6.92 Å². The van der Waals surface area contributed by atoms with Crippen LogP contribution in [0.25, 0.3) is 0 Å². The number of rotatable bonds is 5. The van der Waals surface area contributed by atoms with E-state index in [2.05, 4.69) is 0 Å². The molecule has 1 saturated heterocycles. The molecule has 1 unspecified atom stereocenters. The first-order valence-corrected chi connectivity index (χ1v) is 11.8. The van der Waals surface area contributed by atoms with E-state index in [1.165, 1.54) is 36.3 Å². The molecule has 0 bridgehead atoms. The third kappa shape index (κ3) is 4.31. The van der Waals surface area contributed by atoms with Gasteiger partial charge < -0.3 is 24.2 Å². The van der Waals surface area contributed by atoms with E-state index in [0.29, 0.717) is 29.9 Å². The van der Waals surface area contributed by atoms with E-state index < -0.39 is 28.6 Å². The van der Waals surface area contributed by atoms with Gasteiger partial charge in [0.15, 0.2) is 5.60 Å². The smallest absolute Gasteiger partial charge is 0.328 e. The molecule has 10 heteroatoms. The zero-order valence-electron chi connectivity index (χ0n) is 21.0. The Hall–Kier alpha value is -3.82. The van der Waals surface area contributed by atoms with Crippen molar-refractivity contribution in [1.82, 2.24) is 4.90 Å². The number of phenolic OH excluding ortho intramolecular Hbond substituents is 1. The average molecular weight is 499 g/mol. The van der Waals surface area contributed by atoms with Crippen molar-refractivity contribution in [2.24, 2.45) is 0 Å². The minimum atomic E-state index is -1.22. The van der Waals surface area contributed by atoms with Crippen molar-refractivity contribution in [2.75, 3.05) is 13.7 Å². The number of non-ortho nitro benzene ring substituents is 1. The normalized spacial score (nSPS) is 23.0. The molecule has 1 N–H and O–H groups in total. The summed E-state index contributed by atoms with van der Waals surface area (Å²) in [5.74, 6) is 0.338. The second kappa shape index (κ2) is 9.33. The number of nitro benzene ring substituents is 1. The molecular formula is C26H30N2O8. The number of carbonyl (C=O) groups is 2. The van der Waals surface area contributed by atoms with Gasteiger partial charge in [-0.15, -0.1) is 0 Å². The van der Waals surface area contributed by atoms with Crippen molar-refractivity contribution in [3.05, 3.63) is 56.6 Å². The predicted molar refractivity (Wildman–Crippen MR) is 129 cm³/mol. The molecule has 0 aliphatic carbocycles. The summed E-state index contributed by atoms with van der Waals surface area (Å²) in [6, 6.07) is 4.80. The topological polar surface area (TPSA) is 128 Å². The van der Waals surface area contributed by atoms with E-state index in [1.807, 2.05) is 20.8 Å². The first-order valence-electron chi connectivity index (χ1n) is 11.8. The monoisotopic (exact) mass is 498 g/mol. The van der Waals surface area contributed by atoms with Crippen molar-refractivity contribution in [1.29, 1.82) is 0 Å². The number of amides is 1. The fraction of sp³-hybridized carbons (Fsp3) is 0.462. The van der Waals surface area contributed by atoms with Crippen LogP contribution in [-0.2, 0) is 20.7 Å². The molecule has 1 fully saturated rings. The van der Waals surface area contributed by atoms with Gasteiger partial charge in [-0.05, 0) is 62.9 Å². The molecule has 3 atom stereocenters. The summed E-state index contributed by atoms with van der Waals surface area (Å²) < 4.78 is 17.3. The molecule has 0 radical (unpaired) electrons. The van der Waals surface area contributed by atoms with E-state index in [4.69, 9.17) is 14.2 Å². The number of nitro groups is 1. The maximum atomic E-state index is 13.8. The molecule has 0 saturated carbocycles. The van der Waals surface area contributed by atoms with Gasteiger partial charge >= 0.3 is 5.97 Å². The minimum Gasteiger partial charge on any atom is -0.507 e. The Morgan fingerprint density at radius 1 is 1.17 bits per heavy atom. The van der Waals surface area contributed by atoms with Crippen LogP contribution in [-0.4, -0.2) is 58.2 Å². The van der Waals surface area contributed by atoms with Crippen LogP contribution in [0.4, 0.5) is 5.69 Å². The number of esters is 1. The summed E-state index contributed by atoms with van der Waals surface area (Å²) in [7, 11) is 1.27. The number of phenols is 1. The lowest BCUT2D eigenvalue weighted by Gasteiger charge is -2.39. The Morgan fingerprint density at radius 2 is 1.83 bits per heavy atom. The van der Waals surface area contributed by atoms with Crippen LogP contribution in [0.3, 0.4) is 0 Å². The average Bonchev–Trinajstić information content (AvgIpc) is 3.29. The Morgan fingerprint density at radius 3 is 2.44 bits per heavy atom. The number of ether oxygens (including phenoxy) is 3. The standard InChI is InChI=1S/C26H30N2O8/c1-14-15(2)23-20(16(3)22(14)29)10-11-26(4,36-23)25(31)27-13-19(12-21(27)24(30)34-5)35-18-8-6-17(7-9-18)28(32)33/h6-9,19,21,29H,10-13H2,1-5H3/t19-,21-,26?/m0/s1. The molecule has 1 amide bonds. The highest BCUT2D eigenvalue weighted by Crippen LogP contribution is 2.44. The second-order valence-electron chi connectivity index (χ2n) is 9.59. The van der Waals surface area contributed by atoms with Gasteiger partial charge in [-0.25, -0.2) is 4.79 Å². The van der Waals surface area contributed by atoms with Crippen molar-refractivity contribution >= 4 is 17.6 Å². The van der Waals surface area contributed by atoms with Crippen LogP contribution in [0.5, 0.6) is 17.2 Å². The van der Waals surface area contributed by atoms with Gasteiger partial charge in [-0.3, -0.25) is 14.9 Å². The highest BCUT2D eigenvalue weighted by atomic mass is 16.6. The van der Waals surface area contributed by atoms with Crippen LogP contribution in [0.1, 0.15) is 42.0 Å². The number of fused-ring (bicyclic) bond motifs is 1. The highest BCUT2D eigenvalue weighted by molar-refractivity contribution is 5.91. The molecule has 2 aliphatic heterocycles. The number of benzene rings is 2. The van der Waals surface area contributed by atoms with E-state index >= 15 is 0 Å². The SMILES string of the molecule is COC(=O)[C@@H]1C[C@H](Oc2ccc([N+](=O)[O-])cc2)CN1C(=O)C1(C)CCc2c(C)c(O)c(C)c(C)c2O1. The van der Waals surface area contributed by atoms with Gasteiger partial charge in [-0.1, -0.05) is 0 Å². The Bertz CT molecular complexity index is 1230. The second-order valence-corrected chi connectivity index (χ2v) is 9.59. The molecule has 0 spiro atoms. The summed E-state index contributed by atoms with van der Waals surface area (Å²) >= 11 is 0. The lowest BCUT2D eigenvalue weighted by atomic mass is 9.86. The fourth-order valence-electron chi connectivity index (χ4n) is 5.01. The number of nitrogens with zero attached hydrogens (tertiary/aromatic N) is 2. The van der Waals surface area contributed by atoms with Gasteiger partial charge in [0.2, 0.25) is 0 Å². The molecule has 2 aromatic carbocycles. The molecule has 2 aromatic rings. The van der Waals surface area contributed by atoms with Crippen molar-refractivity contribution in [3.8, 4) is 17.2 Å². The number of methoxy groups -OCH3 is 1. The largest absolute Gasteiger partial charge is 0.507 e. The molecule has 2 aliphatic rings. The number of likely N-dealkylation sites (tertiary alicyclic amines) is 1. The number of aromatic hydroxyl groups is 1. The van der Waals surface area contributed by atoms with E-state index in [9.17, 15) is 24.8 Å². The third-order valence-electron chi connectivity index (χ3n) is 7.32. The molecule has 10 nitrogen and oxygen atoms in total. The quantitative estimate of drug-likeness (QED) is 0.377. The van der Waals surface area contributed by atoms with Crippen LogP contribution in [0.2, 0.25) is 0 Å². The predicted octanol–water partition coefficient (Wildman–Crippen LogP) is 3.53. The highest BCUT2D eigenvalue weighted by Gasteiger charge is 2.50. The van der Waals surface area contributed by atoms with Gasteiger partial charge in [0.05, 0.1) is 18.6 Å². The molecule has 36 heavy (non-hydrogen) atoms. The van der Waals surface area contributed by atoms with E-state index in [-0.39, 0.29) is 30.3 Å². The zero-order valence-corrected chi connectivity index (χ0v) is 21.0. The lowest BCUT2D eigenvalue weighted by molar-refractivity contribution is -0.384. The summed E-state index contributed by atoms with van der Waals surface area (Å²) in [6.07, 6.45) is 0.618. The first kappa shape index (κ1) is 25.3. The van der Waals surface area contributed by atoms with Gasteiger partial charge in [0, 0.05) is 30.5 Å². The summed E-state index contributed by atoms with van der Waals surface area (Å²) in [4.78, 5) is 38.3. The Labute approximate surface area is 208 Å². The van der Waals surface area contributed by atoms with Crippen molar-refractivity contribution < 1.29 is 33.8 Å². The summed E-state index contributed by atoms with van der Waals surface area (Å²) in [6.45, 7) is 7.35. The summed E-state index contributed by atoms with van der Waals surface area (Å²) in [5.41, 5.74) is 1.82. The summed E-state index contributed by atoms with van der Waals surface area (Å²) in [5, 5.41) is 21.3. The van der Waals surface area contributed by atoms with Crippen molar-refractivity contribution in [3.63, 3.8) is 0 Å². The Balaban J connectivity index is 1.58. The molecular weight excluding hydrogens is 468 g/mol. The number of carbonyl (C=O) groups excluding carboxylic acids is 2. The maximum Gasteiger partial charge on any atom is 0.328 e. The minimum absolute atomic E-state index is 0.0604. The molecule has 192 valence electrons. The molecule has 0 aromatic heterocycles. The van der Waals surface area contributed by atoms with E-state index in [0.717, 1.165) is 16.7 Å². The number of hydrogen-bond acceptors (Lipinski definition) is 8. The van der Waals surface area contributed by atoms with Crippen LogP contribution >= 0.6 is 0 Å². The van der Waals surface area contributed by atoms with Gasteiger partial charge in [0.25, 0.3) is 11.6 Å². The van der Waals surface area contributed by atoms with Crippen molar-refractivity contribution in [2.45, 2.75) is 64.7 Å². The fourth-order valence-corrected chi connectivity index (χ4v) is 5.01. The maximum absolute atomic E-state index is 13.8. The lowest BCUT2D eigenvalue weighted by Crippen LogP contribution is -2.55. The third-order valence-corrected chi connectivity index (χ3v) is 7.32. The zero-order chi connectivity index (χ0) is 26.4. The van der Waals surface area contributed by atoms with Gasteiger partial charge in [-0.2, -0.15) is 0 Å². The molecule has 2 heterocycles. The first-order chi connectivity index (χ1) is 17.0. The number of hydrogen-bond donors (Lipinski definition) is 1.